The molecule has 0 aromatic heterocycles. The highest BCUT2D eigenvalue weighted by Crippen LogP contribution is 2.21. The monoisotopic (exact) mass is 369 g/mol. The minimum Gasteiger partial charge on any atom is -0.481 e. The van der Waals surface area contributed by atoms with Crippen LogP contribution in [0.5, 0.6) is 0 Å². The van der Waals surface area contributed by atoms with Crippen molar-refractivity contribution in [2.45, 2.75) is 32.2 Å². The van der Waals surface area contributed by atoms with Gasteiger partial charge >= 0.3 is 12.0 Å². The van der Waals surface area contributed by atoms with Crippen molar-refractivity contribution in [2.75, 3.05) is 5.32 Å². The average molecular weight is 369 g/mol. The maximum Gasteiger partial charge on any atom is 0.312 e. The Kier molecular flexibility index (Phi) is 6.93. The van der Waals surface area contributed by atoms with Gasteiger partial charge in [-0.3, -0.25) is 9.59 Å². The van der Waals surface area contributed by atoms with Crippen molar-refractivity contribution in [1.29, 1.82) is 0 Å². The number of urea groups is 1. The molecule has 3 amide bonds. The lowest BCUT2D eigenvalue weighted by atomic mass is 9.98. The molecular formula is C20H23N3O4. The number of amides is 3. The van der Waals surface area contributed by atoms with E-state index in [2.05, 4.69) is 10.6 Å². The fourth-order valence-corrected chi connectivity index (χ4v) is 2.84. The van der Waals surface area contributed by atoms with E-state index < -0.39 is 18.0 Å². The molecule has 0 aliphatic carbocycles. The second-order valence-corrected chi connectivity index (χ2v) is 6.26. The number of carbonyl (C=O) groups is 3. The lowest BCUT2D eigenvalue weighted by molar-refractivity contribution is -0.137. The Hall–Kier alpha value is -3.35. The van der Waals surface area contributed by atoms with Gasteiger partial charge in [-0.2, -0.15) is 0 Å². The summed E-state index contributed by atoms with van der Waals surface area (Å²) in [5, 5.41) is 14.2. The van der Waals surface area contributed by atoms with Crippen molar-refractivity contribution in [1.82, 2.24) is 5.32 Å². The van der Waals surface area contributed by atoms with Crippen LogP contribution in [0.2, 0.25) is 0 Å². The molecule has 0 radical (unpaired) electrons. The highest BCUT2D eigenvalue weighted by Gasteiger charge is 2.19. The number of benzene rings is 2. The van der Waals surface area contributed by atoms with Gasteiger partial charge in [0.25, 0.3) is 0 Å². The maximum absolute atomic E-state index is 12.5. The van der Waals surface area contributed by atoms with Crippen molar-refractivity contribution in [3.63, 3.8) is 0 Å². The SMILES string of the molecule is Cc1ccccc1C(CC(=O)Nc1cccc(CCC(=O)O)c1)NC(N)=O. The van der Waals surface area contributed by atoms with Crippen molar-refractivity contribution >= 4 is 23.6 Å². The summed E-state index contributed by atoms with van der Waals surface area (Å²) in [6.45, 7) is 1.90. The molecule has 1 unspecified atom stereocenters. The van der Waals surface area contributed by atoms with Crippen LogP contribution in [0.4, 0.5) is 10.5 Å². The molecule has 0 saturated carbocycles. The summed E-state index contributed by atoms with van der Waals surface area (Å²) in [7, 11) is 0. The molecule has 0 fully saturated rings. The first-order valence-electron chi connectivity index (χ1n) is 8.57. The Balaban J connectivity index is 2.07. The number of aliphatic carboxylic acids is 1. The molecule has 0 aliphatic rings. The topological polar surface area (TPSA) is 122 Å². The molecule has 0 aliphatic heterocycles. The summed E-state index contributed by atoms with van der Waals surface area (Å²) in [6.07, 6.45) is 0.427. The number of nitrogens with two attached hydrogens (primary N) is 1. The summed E-state index contributed by atoms with van der Waals surface area (Å²) in [5.41, 5.74) is 8.42. The number of nitrogens with one attached hydrogen (secondary N) is 2. The molecule has 0 spiro atoms. The molecule has 5 N–H and O–H groups in total. The Bertz CT molecular complexity index is 835. The van der Waals surface area contributed by atoms with Crippen LogP contribution in [0.15, 0.2) is 48.5 Å². The minimum atomic E-state index is -0.872. The Morgan fingerprint density at radius 3 is 2.52 bits per heavy atom. The lowest BCUT2D eigenvalue weighted by Crippen LogP contribution is -2.35. The number of carboxylic acid groups (broad SMARTS) is 1. The molecule has 2 aromatic carbocycles. The third-order valence-corrected chi connectivity index (χ3v) is 4.11. The quantitative estimate of drug-likeness (QED) is 0.571. The molecular weight excluding hydrogens is 346 g/mol. The second-order valence-electron chi connectivity index (χ2n) is 6.26. The number of aryl methyl sites for hydroxylation is 2. The number of carbonyl (C=O) groups excluding carboxylic acids is 2. The van der Waals surface area contributed by atoms with Crippen molar-refractivity contribution in [2.24, 2.45) is 5.73 Å². The van der Waals surface area contributed by atoms with Crippen LogP contribution in [-0.4, -0.2) is 23.0 Å². The zero-order valence-corrected chi connectivity index (χ0v) is 15.1. The molecule has 7 nitrogen and oxygen atoms in total. The zero-order chi connectivity index (χ0) is 19.8. The number of hydrogen-bond donors (Lipinski definition) is 4. The highest BCUT2D eigenvalue weighted by atomic mass is 16.4. The van der Waals surface area contributed by atoms with E-state index in [1.807, 2.05) is 37.3 Å². The first-order valence-corrected chi connectivity index (χ1v) is 8.57. The predicted octanol–water partition coefficient (Wildman–Crippen LogP) is 2.75. The van der Waals surface area contributed by atoms with Crippen LogP contribution in [0.1, 0.15) is 35.6 Å². The molecule has 142 valence electrons. The molecule has 0 saturated heterocycles. The van der Waals surface area contributed by atoms with E-state index >= 15 is 0 Å². The van der Waals surface area contributed by atoms with Crippen LogP contribution >= 0.6 is 0 Å². The fraction of sp³-hybridized carbons (Fsp3) is 0.250. The summed E-state index contributed by atoms with van der Waals surface area (Å²) >= 11 is 0. The van der Waals surface area contributed by atoms with Crippen molar-refractivity contribution in [3.8, 4) is 0 Å². The molecule has 0 heterocycles. The summed E-state index contributed by atoms with van der Waals surface area (Å²) in [5.74, 6) is -1.16. The third kappa shape index (κ3) is 6.47. The van der Waals surface area contributed by atoms with Crippen LogP contribution in [0, 0.1) is 6.92 Å². The van der Waals surface area contributed by atoms with E-state index in [-0.39, 0.29) is 18.7 Å². The smallest absolute Gasteiger partial charge is 0.312 e. The first kappa shape index (κ1) is 20.0. The average Bonchev–Trinajstić information content (AvgIpc) is 2.59. The van der Waals surface area contributed by atoms with E-state index in [0.717, 1.165) is 16.7 Å². The van der Waals surface area contributed by atoms with E-state index in [1.165, 1.54) is 0 Å². The first-order chi connectivity index (χ1) is 12.8. The van der Waals surface area contributed by atoms with Gasteiger partial charge in [-0.25, -0.2) is 4.79 Å². The normalized spacial score (nSPS) is 11.4. The standard InChI is InChI=1S/C20H23N3O4/c1-13-5-2-3-8-16(13)17(23-20(21)27)12-18(24)22-15-7-4-6-14(11-15)9-10-19(25)26/h2-8,11,17H,9-10,12H2,1H3,(H,22,24)(H,25,26)(H3,21,23,27). The van der Waals surface area contributed by atoms with Crippen LogP contribution in [0.3, 0.4) is 0 Å². The Labute approximate surface area is 157 Å². The van der Waals surface area contributed by atoms with Gasteiger partial charge in [0.2, 0.25) is 5.91 Å². The Morgan fingerprint density at radius 1 is 1.11 bits per heavy atom. The predicted molar refractivity (Wildman–Crippen MR) is 102 cm³/mol. The van der Waals surface area contributed by atoms with Crippen LogP contribution in [-0.2, 0) is 16.0 Å². The molecule has 2 rings (SSSR count). The number of primary amides is 1. The number of rotatable bonds is 8. The van der Waals surface area contributed by atoms with Gasteiger partial charge in [0.15, 0.2) is 0 Å². The van der Waals surface area contributed by atoms with Gasteiger partial charge in [-0.15, -0.1) is 0 Å². The lowest BCUT2D eigenvalue weighted by Gasteiger charge is -2.19. The van der Waals surface area contributed by atoms with Gasteiger partial charge in [-0.1, -0.05) is 36.4 Å². The Morgan fingerprint density at radius 2 is 1.85 bits per heavy atom. The van der Waals surface area contributed by atoms with E-state index in [4.69, 9.17) is 10.8 Å². The van der Waals surface area contributed by atoms with Gasteiger partial charge in [-0.05, 0) is 42.2 Å². The largest absolute Gasteiger partial charge is 0.481 e. The second kappa shape index (κ2) is 9.38. The number of carboxylic acids is 1. The molecule has 0 bridgehead atoms. The summed E-state index contributed by atoms with van der Waals surface area (Å²) in [6, 6.07) is 13.2. The van der Waals surface area contributed by atoms with Crippen molar-refractivity contribution in [3.05, 3.63) is 65.2 Å². The third-order valence-electron chi connectivity index (χ3n) is 4.11. The molecule has 7 heteroatoms. The molecule has 1 atom stereocenters. The van der Waals surface area contributed by atoms with Crippen LogP contribution in [0.25, 0.3) is 0 Å². The van der Waals surface area contributed by atoms with Gasteiger partial charge < -0.3 is 21.5 Å². The summed E-state index contributed by atoms with van der Waals surface area (Å²) < 4.78 is 0. The summed E-state index contributed by atoms with van der Waals surface area (Å²) in [4.78, 5) is 34.5. The maximum atomic E-state index is 12.5. The van der Waals surface area contributed by atoms with Gasteiger partial charge in [0, 0.05) is 12.1 Å². The van der Waals surface area contributed by atoms with E-state index in [9.17, 15) is 14.4 Å². The number of anilines is 1. The van der Waals surface area contributed by atoms with Crippen molar-refractivity contribution < 1.29 is 19.5 Å². The fourth-order valence-electron chi connectivity index (χ4n) is 2.84. The zero-order valence-electron chi connectivity index (χ0n) is 15.1. The van der Waals surface area contributed by atoms with Gasteiger partial charge in [0.1, 0.15) is 0 Å². The number of hydrogen-bond acceptors (Lipinski definition) is 3. The molecule has 2 aromatic rings. The van der Waals surface area contributed by atoms with E-state index in [1.54, 1.807) is 18.2 Å². The van der Waals surface area contributed by atoms with E-state index in [0.29, 0.717) is 12.1 Å². The van der Waals surface area contributed by atoms with Crippen LogP contribution < -0.4 is 16.4 Å². The minimum absolute atomic E-state index is 0.0210. The molecule has 27 heavy (non-hydrogen) atoms. The highest BCUT2D eigenvalue weighted by molar-refractivity contribution is 5.91. The van der Waals surface area contributed by atoms with Gasteiger partial charge in [0.05, 0.1) is 12.5 Å².